The minimum atomic E-state index is 0.0587. The molecule has 5 rings (SSSR count). The summed E-state index contributed by atoms with van der Waals surface area (Å²) in [5.41, 5.74) is 3.54. The fourth-order valence-corrected chi connectivity index (χ4v) is 4.41. The SMILES string of the molecule is CC(C)Oc1ccc(-c2nc(N3CC4(CC4)c4cc(Br)ccc43)no2)cc1Cl. The Hall–Kier alpha value is -2.05. The number of ether oxygens (including phenoxy) is 1. The molecular weight excluding hydrogens is 442 g/mol. The van der Waals surface area contributed by atoms with Gasteiger partial charge in [-0.2, -0.15) is 4.98 Å². The normalized spacial score (nSPS) is 16.7. The van der Waals surface area contributed by atoms with Crippen LogP contribution in [0, 0.1) is 0 Å². The topological polar surface area (TPSA) is 51.4 Å². The maximum absolute atomic E-state index is 6.35. The molecule has 5 nitrogen and oxygen atoms in total. The smallest absolute Gasteiger partial charge is 0.270 e. The van der Waals surface area contributed by atoms with Crippen molar-refractivity contribution < 1.29 is 9.26 Å². The van der Waals surface area contributed by atoms with E-state index < -0.39 is 0 Å². The van der Waals surface area contributed by atoms with Gasteiger partial charge >= 0.3 is 0 Å². The van der Waals surface area contributed by atoms with Crippen LogP contribution in [0.25, 0.3) is 11.5 Å². The molecule has 3 aromatic rings. The molecule has 1 aliphatic carbocycles. The molecule has 1 fully saturated rings. The van der Waals surface area contributed by atoms with Gasteiger partial charge in [0, 0.05) is 27.7 Å². The number of nitrogens with zero attached hydrogens (tertiary/aromatic N) is 3. The highest BCUT2D eigenvalue weighted by Gasteiger charge is 2.52. The van der Waals surface area contributed by atoms with E-state index in [1.54, 1.807) is 6.07 Å². The summed E-state index contributed by atoms with van der Waals surface area (Å²) in [5, 5.41) is 4.77. The second-order valence-corrected chi connectivity index (χ2v) is 9.06. The zero-order valence-electron chi connectivity index (χ0n) is 15.6. The second kappa shape index (κ2) is 6.49. The molecule has 28 heavy (non-hydrogen) atoms. The Morgan fingerprint density at radius 1 is 1.21 bits per heavy atom. The summed E-state index contributed by atoms with van der Waals surface area (Å²) < 4.78 is 12.3. The van der Waals surface area contributed by atoms with Gasteiger partial charge in [0.15, 0.2) is 0 Å². The van der Waals surface area contributed by atoms with E-state index in [4.69, 9.17) is 20.9 Å². The molecule has 0 radical (unpaired) electrons. The highest BCUT2D eigenvalue weighted by molar-refractivity contribution is 9.10. The Kier molecular flexibility index (Phi) is 4.18. The minimum absolute atomic E-state index is 0.0587. The molecule has 2 heterocycles. The van der Waals surface area contributed by atoms with E-state index >= 15 is 0 Å². The lowest BCUT2D eigenvalue weighted by atomic mass is 9.99. The predicted molar refractivity (Wildman–Crippen MR) is 113 cm³/mol. The first-order valence-electron chi connectivity index (χ1n) is 9.33. The largest absolute Gasteiger partial charge is 0.489 e. The molecule has 0 amide bonds. The number of aromatic nitrogens is 2. The lowest BCUT2D eigenvalue weighted by Gasteiger charge is -2.14. The molecule has 2 aliphatic rings. The van der Waals surface area contributed by atoms with Crippen LogP contribution in [0.3, 0.4) is 0 Å². The van der Waals surface area contributed by atoms with Crippen molar-refractivity contribution in [2.24, 2.45) is 0 Å². The van der Waals surface area contributed by atoms with E-state index in [0.717, 1.165) is 22.3 Å². The Morgan fingerprint density at radius 3 is 2.75 bits per heavy atom. The number of hydrogen-bond acceptors (Lipinski definition) is 5. The molecule has 0 bridgehead atoms. The molecule has 1 saturated carbocycles. The van der Waals surface area contributed by atoms with Crippen LogP contribution in [0.2, 0.25) is 5.02 Å². The summed E-state index contributed by atoms with van der Waals surface area (Å²) in [6, 6.07) is 11.9. The average Bonchev–Trinajstić information content (AvgIpc) is 3.15. The number of rotatable bonds is 4. The van der Waals surface area contributed by atoms with E-state index in [1.807, 2.05) is 26.0 Å². The Labute approximate surface area is 176 Å². The highest BCUT2D eigenvalue weighted by atomic mass is 79.9. The number of halogens is 2. The van der Waals surface area contributed by atoms with E-state index in [0.29, 0.717) is 22.6 Å². The lowest BCUT2D eigenvalue weighted by molar-refractivity contribution is 0.242. The Balaban J connectivity index is 1.46. The number of fused-ring (bicyclic) bond motifs is 2. The minimum Gasteiger partial charge on any atom is -0.489 e. The number of benzene rings is 2. The molecular formula is C21H19BrClN3O2. The molecule has 0 atom stereocenters. The number of hydrogen-bond donors (Lipinski definition) is 0. The van der Waals surface area contributed by atoms with Crippen molar-refractivity contribution >= 4 is 39.2 Å². The zero-order chi connectivity index (χ0) is 19.5. The second-order valence-electron chi connectivity index (χ2n) is 7.74. The van der Waals surface area contributed by atoms with Crippen molar-refractivity contribution in [1.82, 2.24) is 10.1 Å². The summed E-state index contributed by atoms with van der Waals surface area (Å²) in [4.78, 5) is 6.80. The molecule has 0 N–H and O–H groups in total. The summed E-state index contributed by atoms with van der Waals surface area (Å²) in [7, 11) is 0. The molecule has 1 spiro atoms. The van der Waals surface area contributed by atoms with Gasteiger partial charge in [-0.1, -0.05) is 27.5 Å². The van der Waals surface area contributed by atoms with Crippen molar-refractivity contribution in [3.05, 3.63) is 51.5 Å². The standard InChI is InChI=1S/C21H19BrClN3O2/c1-12(2)27-18-6-3-13(9-16(18)23)19-24-20(25-28-19)26-11-21(7-8-21)15-10-14(22)4-5-17(15)26/h3-6,9-10,12H,7-8,11H2,1-2H3. The van der Waals surface area contributed by atoms with Crippen molar-refractivity contribution in [2.45, 2.75) is 38.2 Å². The Morgan fingerprint density at radius 2 is 2.04 bits per heavy atom. The zero-order valence-corrected chi connectivity index (χ0v) is 17.9. The number of anilines is 2. The molecule has 0 unspecified atom stereocenters. The van der Waals surface area contributed by atoms with Crippen LogP contribution < -0.4 is 9.64 Å². The van der Waals surface area contributed by atoms with Crippen LogP contribution in [-0.2, 0) is 5.41 Å². The summed E-state index contributed by atoms with van der Waals surface area (Å²) in [6.07, 6.45) is 2.46. The van der Waals surface area contributed by atoms with Crippen molar-refractivity contribution in [2.75, 3.05) is 11.4 Å². The highest BCUT2D eigenvalue weighted by Crippen LogP contribution is 2.58. The van der Waals surface area contributed by atoms with E-state index in [1.165, 1.54) is 18.4 Å². The van der Waals surface area contributed by atoms with Crippen LogP contribution >= 0.6 is 27.5 Å². The van der Waals surface area contributed by atoms with E-state index in [-0.39, 0.29) is 11.5 Å². The first-order valence-corrected chi connectivity index (χ1v) is 10.5. The van der Waals surface area contributed by atoms with E-state index in [2.05, 4.69) is 49.2 Å². The van der Waals surface area contributed by atoms with Crippen molar-refractivity contribution in [1.29, 1.82) is 0 Å². The maximum Gasteiger partial charge on any atom is 0.270 e. The third-order valence-corrected chi connectivity index (χ3v) is 6.12. The third-order valence-electron chi connectivity index (χ3n) is 5.33. The first kappa shape index (κ1) is 18.0. The molecule has 7 heteroatoms. The van der Waals surface area contributed by atoms with Crippen LogP contribution in [0.5, 0.6) is 5.75 Å². The molecule has 0 saturated heterocycles. The fourth-order valence-electron chi connectivity index (χ4n) is 3.82. The lowest BCUT2D eigenvalue weighted by Crippen LogP contribution is -2.20. The van der Waals surface area contributed by atoms with Crippen molar-refractivity contribution in [3.8, 4) is 17.2 Å². The van der Waals surface area contributed by atoms with Crippen molar-refractivity contribution in [3.63, 3.8) is 0 Å². The molecule has 2 aromatic carbocycles. The molecule has 144 valence electrons. The molecule has 1 aliphatic heterocycles. The van der Waals surface area contributed by atoms with Gasteiger partial charge in [0.25, 0.3) is 11.8 Å². The van der Waals surface area contributed by atoms with Gasteiger partial charge in [-0.15, -0.1) is 0 Å². The average molecular weight is 461 g/mol. The van der Waals surface area contributed by atoms with Gasteiger partial charge in [0.05, 0.1) is 11.1 Å². The van der Waals surface area contributed by atoms with Gasteiger partial charge in [-0.05, 0) is 73.8 Å². The van der Waals surface area contributed by atoms with Gasteiger partial charge < -0.3 is 14.2 Å². The predicted octanol–water partition coefficient (Wildman–Crippen LogP) is 6.12. The van der Waals surface area contributed by atoms with Gasteiger partial charge in [0.2, 0.25) is 0 Å². The van der Waals surface area contributed by atoms with Crippen LogP contribution in [0.4, 0.5) is 11.6 Å². The molecule has 1 aromatic heterocycles. The van der Waals surface area contributed by atoms with Crippen LogP contribution in [-0.4, -0.2) is 22.8 Å². The quantitative estimate of drug-likeness (QED) is 0.469. The van der Waals surface area contributed by atoms with Gasteiger partial charge in [-0.25, -0.2) is 0 Å². The summed E-state index contributed by atoms with van der Waals surface area (Å²) in [6.45, 7) is 4.82. The Bertz CT molecular complexity index is 1060. The monoisotopic (exact) mass is 459 g/mol. The first-order chi connectivity index (χ1) is 13.4. The van der Waals surface area contributed by atoms with E-state index in [9.17, 15) is 0 Å². The fraction of sp³-hybridized carbons (Fsp3) is 0.333. The third kappa shape index (κ3) is 2.99. The summed E-state index contributed by atoms with van der Waals surface area (Å²) in [5.74, 6) is 1.68. The maximum atomic E-state index is 6.35. The van der Waals surface area contributed by atoms with Crippen LogP contribution in [0.1, 0.15) is 32.3 Å². The van der Waals surface area contributed by atoms with Gasteiger partial charge in [-0.3, -0.25) is 0 Å². The van der Waals surface area contributed by atoms with Gasteiger partial charge in [0.1, 0.15) is 5.75 Å². The van der Waals surface area contributed by atoms with Crippen LogP contribution in [0.15, 0.2) is 45.4 Å². The summed E-state index contributed by atoms with van der Waals surface area (Å²) >= 11 is 9.95.